The number of carbonyl (C=O) groups is 2. The van der Waals surface area contributed by atoms with E-state index in [0.717, 1.165) is 64.2 Å². The molecule has 74 heavy (non-hydrogen) atoms. The number of phosphoric ester groups is 1. The van der Waals surface area contributed by atoms with Crippen molar-refractivity contribution >= 4 is 19.8 Å². The van der Waals surface area contributed by atoms with Gasteiger partial charge in [0.1, 0.15) is 19.8 Å². The van der Waals surface area contributed by atoms with E-state index in [-0.39, 0.29) is 32.0 Å². The van der Waals surface area contributed by atoms with Crippen molar-refractivity contribution in [2.45, 2.75) is 251 Å². The number of likely N-dealkylation sites (N-methyl/N-ethyl adjacent to an activating group) is 1. The highest BCUT2D eigenvalue weighted by Crippen LogP contribution is 2.43. The number of esters is 2. The van der Waals surface area contributed by atoms with Crippen LogP contribution < -0.4 is 0 Å². The van der Waals surface area contributed by atoms with E-state index in [1.807, 2.05) is 33.3 Å². The molecule has 0 rings (SSSR count). The Labute approximate surface area is 455 Å². The van der Waals surface area contributed by atoms with Gasteiger partial charge in [-0.05, 0) is 83.5 Å². The second kappa shape index (κ2) is 54.7. The SMILES string of the molecule is CC/C=C\C/C=C\C/C=C\C/C=C\C/C=C\C/C=C\CCC(=O)OC(COC(=O)CCCCCCCCCCCCCCCCCCCCC/C=C\C/C=C\CCCCCCC)COP(=O)(O)OCC[N+](C)(C)C. The lowest BCUT2D eigenvalue weighted by atomic mass is 10.0. The van der Waals surface area contributed by atoms with Gasteiger partial charge in [-0.3, -0.25) is 18.6 Å². The molecule has 0 aromatic rings. The number of ether oxygens (including phenoxy) is 2. The molecule has 0 aliphatic heterocycles. The largest absolute Gasteiger partial charge is 0.472 e. The Balaban J connectivity index is 4.15. The maximum Gasteiger partial charge on any atom is 0.472 e. The fourth-order valence-electron chi connectivity index (χ4n) is 8.01. The molecule has 0 spiro atoms. The van der Waals surface area contributed by atoms with Gasteiger partial charge in [-0.25, -0.2) is 4.57 Å². The molecule has 0 aliphatic rings. The van der Waals surface area contributed by atoms with E-state index in [2.05, 4.69) is 98.9 Å². The molecule has 0 aromatic heterocycles. The van der Waals surface area contributed by atoms with Crippen molar-refractivity contribution in [3.8, 4) is 0 Å². The van der Waals surface area contributed by atoms with Crippen LogP contribution in [-0.2, 0) is 32.7 Å². The van der Waals surface area contributed by atoms with Crippen LogP contribution in [0.2, 0.25) is 0 Å². The monoisotopic (exact) mass is 1050 g/mol. The Morgan fingerprint density at radius 2 is 0.797 bits per heavy atom. The summed E-state index contributed by atoms with van der Waals surface area (Å²) in [6, 6.07) is 0. The van der Waals surface area contributed by atoms with Crippen LogP contribution in [0.4, 0.5) is 0 Å². The molecule has 0 bridgehead atoms. The minimum absolute atomic E-state index is 0.0144. The molecule has 0 aromatic carbocycles. The van der Waals surface area contributed by atoms with Crippen LogP contribution in [0.1, 0.15) is 245 Å². The third-order valence-electron chi connectivity index (χ3n) is 12.6. The summed E-state index contributed by atoms with van der Waals surface area (Å²) in [7, 11) is 1.42. The zero-order chi connectivity index (χ0) is 54.2. The predicted octanol–water partition coefficient (Wildman–Crippen LogP) is 18.8. The summed E-state index contributed by atoms with van der Waals surface area (Å²) in [6.07, 6.45) is 75.1. The summed E-state index contributed by atoms with van der Waals surface area (Å²) in [5.41, 5.74) is 0. The number of hydrogen-bond acceptors (Lipinski definition) is 7. The lowest BCUT2D eigenvalue weighted by molar-refractivity contribution is -0.870. The van der Waals surface area contributed by atoms with Crippen LogP contribution in [0.15, 0.2) is 97.2 Å². The maximum atomic E-state index is 12.8. The molecule has 0 amide bonds. The molecule has 0 saturated heterocycles. The minimum atomic E-state index is -4.41. The van der Waals surface area contributed by atoms with E-state index in [0.29, 0.717) is 17.4 Å². The highest BCUT2D eigenvalue weighted by atomic mass is 31.2. The Hall–Kier alpha value is -3.07. The van der Waals surface area contributed by atoms with Gasteiger partial charge in [0.15, 0.2) is 6.10 Å². The Morgan fingerprint density at radius 1 is 0.432 bits per heavy atom. The van der Waals surface area contributed by atoms with Gasteiger partial charge in [0.05, 0.1) is 27.7 Å². The number of allylic oxidation sites excluding steroid dienone is 16. The third-order valence-corrected chi connectivity index (χ3v) is 13.6. The summed E-state index contributed by atoms with van der Waals surface area (Å²) < 4.78 is 34.4. The molecule has 2 unspecified atom stereocenters. The number of carbonyl (C=O) groups excluding carboxylic acids is 2. The lowest BCUT2D eigenvalue weighted by Gasteiger charge is -2.24. The van der Waals surface area contributed by atoms with Crippen LogP contribution in [0.5, 0.6) is 0 Å². The zero-order valence-corrected chi connectivity index (χ0v) is 49.2. The van der Waals surface area contributed by atoms with E-state index >= 15 is 0 Å². The van der Waals surface area contributed by atoms with Crippen LogP contribution in [-0.4, -0.2) is 74.9 Å². The molecule has 0 aliphatic carbocycles. The van der Waals surface area contributed by atoms with Crippen molar-refractivity contribution < 1.29 is 42.1 Å². The average molecular weight is 1060 g/mol. The number of nitrogens with zero attached hydrogens (tertiary/aromatic N) is 1. The summed E-state index contributed by atoms with van der Waals surface area (Å²) in [5.74, 6) is -0.894. The molecule has 1 N–H and O–H groups in total. The number of rotatable bonds is 54. The standard InChI is InChI=1S/C64H112NO8P/c1-6-8-10-12-14-16-18-20-22-24-26-27-28-29-30-31-32-33-34-35-36-37-39-40-42-44-46-48-50-52-54-56-63(66)70-60-62(61-72-74(68,69)71-59-58-65(3,4)5)73-64(67)57-55-53-51-49-47-45-43-41-38-25-23-21-19-17-15-13-11-9-7-2/h9,11,15,17-18,20-21,23-24,26,38,41,45,47,51,53,62H,6-8,10,12-14,16,19,22,25,27-37,39-40,42-44,46,48-50,52,54-61H2,1-5H3/p+1/b11-9-,17-15-,20-18-,23-21-,26-24-,41-38-,47-45-,53-51-. The fourth-order valence-corrected chi connectivity index (χ4v) is 8.76. The quantitative estimate of drug-likeness (QED) is 0.0211. The Morgan fingerprint density at radius 3 is 1.20 bits per heavy atom. The first-order valence-corrected chi connectivity index (χ1v) is 31.5. The first-order valence-electron chi connectivity index (χ1n) is 30.0. The van der Waals surface area contributed by atoms with E-state index < -0.39 is 26.5 Å². The fraction of sp³-hybridized carbons (Fsp3) is 0.719. The number of unbranched alkanes of at least 4 members (excludes halogenated alkanes) is 24. The zero-order valence-electron chi connectivity index (χ0n) is 48.3. The van der Waals surface area contributed by atoms with E-state index in [4.69, 9.17) is 18.5 Å². The van der Waals surface area contributed by atoms with E-state index in [1.54, 1.807) is 0 Å². The maximum absolute atomic E-state index is 12.8. The van der Waals surface area contributed by atoms with Gasteiger partial charge < -0.3 is 18.9 Å². The molecule has 9 nitrogen and oxygen atoms in total. The molecule has 0 fully saturated rings. The summed E-state index contributed by atoms with van der Waals surface area (Å²) in [5, 5.41) is 0. The predicted molar refractivity (Wildman–Crippen MR) is 316 cm³/mol. The van der Waals surface area contributed by atoms with Gasteiger partial charge in [0.25, 0.3) is 0 Å². The van der Waals surface area contributed by atoms with Crippen LogP contribution >= 0.6 is 7.82 Å². The third kappa shape index (κ3) is 58.2. The number of hydrogen-bond donors (Lipinski definition) is 1. The van der Waals surface area contributed by atoms with Gasteiger partial charge in [0.2, 0.25) is 0 Å². The van der Waals surface area contributed by atoms with Crippen molar-refractivity contribution in [1.82, 2.24) is 0 Å². The molecule has 0 radical (unpaired) electrons. The lowest BCUT2D eigenvalue weighted by Crippen LogP contribution is -2.37. The van der Waals surface area contributed by atoms with Gasteiger partial charge in [-0.1, -0.05) is 246 Å². The van der Waals surface area contributed by atoms with Crippen LogP contribution in [0.25, 0.3) is 0 Å². The normalized spacial score (nSPS) is 14.0. The highest BCUT2D eigenvalue weighted by molar-refractivity contribution is 7.47. The highest BCUT2D eigenvalue weighted by Gasteiger charge is 2.27. The topological polar surface area (TPSA) is 108 Å². The molecular formula is C64H113NO8P+. The molecule has 0 heterocycles. The van der Waals surface area contributed by atoms with E-state index in [1.165, 1.54) is 148 Å². The summed E-state index contributed by atoms with van der Waals surface area (Å²) >= 11 is 0. The van der Waals surface area contributed by atoms with Gasteiger partial charge in [0, 0.05) is 12.8 Å². The van der Waals surface area contributed by atoms with E-state index in [9.17, 15) is 19.0 Å². The number of quaternary nitrogens is 1. The molecule has 10 heteroatoms. The summed E-state index contributed by atoms with van der Waals surface area (Å²) in [6.45, 7) is 4.23. The summed E-state index contributed by atoms with van der Waals surface area (Å²) in [4.78, 5) is 35.6. The Kier molecular flexibility index (Phi) is 52.4. The van der Waals surface area contributed by atoms with Crippen LogP contribution in [0.3, 0.4) is 0 Å². The van der Waals surface area contributed by atoms with Crippen molar-refractivity contribution in [3.63, 3.8) is 0 Å². The molecule has 2 atom stereocenters. The van der Waals surface area contributed by atoms with Crippen molar-refractivity contribution in [2.75, 3.05) is 47.5 Å². The van der Waals surface area contributed by atoms with Gasteiger partial charge in [-0.15, -0.1) is 0 Å². The second-order valence-electron chi connectivity index (χ2n) is 21.0. The van der Waals surface area contributed by atoms with Gasteiger partial charge >= 0.3 is 19.8 Å². The molecule has 0 saturated carbocycles. The van der Waals surface area contributed by atoms with Crippen LogP contribution in [0, 0.1) is 0 Å². The average Bonchev–Trinajstić information content (AvgIpc) is 3.36. The second-order valence-corrected chi connectivity index (χ2v) is 22.5. The first-order chi connectivity index (χ1) is 36.0. The van der Waals surface area contributed by atoms with Crippen molar-refractivity contribution in [1.29, 1.82) is 0 Å². The van der Waals surface area contributed by atoms with Gasteiger partial charge in [-0.2, -0.15) is 0 Å². The Bertz CT molecular complexity index is 1570. The first kappa shape index (κ1) is 70.9. The minimum Gasteiger partial charge on any atom is -0.462 e. The number of phosphoric acid groups is 1. The van der Waals surface area contributed by atoms with Crippen molar-refractivity contribution in [3.05, 3.63) is 97.2 Å². The smallest absolute Gasteiger partial charge is 0.462 e. The molecular weight excluding hydrogens is 942 g/mol. The molecule has 426 valence electrons. The van der Waals surface area contributed by atoms with Crippen molar-refractivity contribution in [2.24, 2.45) is 0 Å².